The third kappa shape index (κ3) is 9.48. The molecular weight excluding hydrogens is 593 g/mol. The van der Waals surface area contributed by atoms with Crippen LogP contribution in [0.2, 0.25) is 10.0 Å². The second-order valence-electron chi connectivity index (χ2n) is 10.5. The summed E-state index contributed by atoms with van der Waals surface area (Å²) >= 11 is 12.4. The van der Waals surface area contributed by atoms with E-state index in [1.807, 2.05) is 56.3 Å². The van der Waals surface area contributed by atoms with Crippen molar-refractivity contribution in [1.82, 2.24) is 10.2 Å². The number of hydrogen-bond acceptors (Lipinski definition) is 4. The van der Waals surface area contributed by atoms with Crippen molar-refractivity contribution in [2.75, 3.05) is 17.1 Å². The SMILES string of the molecule is CC[C@H](C)NC(=O)[C@H](Cc1ccccc1)N(Cc1ccc(Cl)cc1)C(=O)CCCN(c1cccc(Cl)c1C)S(C)(=O)=O. The van der Waals surface area contributed by atoms with E-state index in [9.17, 15) is 18.0 Å². The molecule has 226 valence electrons. The predicted molar refractivity (Wildman–Crippen MR) is 171 cm³/mol. The summed E-state index contributed by atoms with van der Waals surface area (Å²) in [6.07, 6.45) is 2.51. The van der Waals surface area contributed by atoms with Gasteiger partial charge < -0.3 is 10.2 Å². The molecule has 0 aliphatic heterocycles. The van der Waals surface area contributed by atoms with Crippen LogP contribution in [-0.4, -0.2) is 50.0 Å². The lowest BCUT2D eigenvalue weighted by atomic mass is 10.0. The van der Waals surface area contributed by atoms with Crippen LogP contribution in [0.15, 0.2) is 72.8 Å². The molecule has 42 heavy (non-hydrogen) atoms. The Morgan fingerprint density at radius 3 is 2.21 bits per heavy atom. The zero-order chi connectivity index (χ0) is 30.9. The second kappa shape index (κ2) is 15.4. The highest BCUT2D eigenvalue weighted by Gasteiger charge is 2.31. The van der Waals surface area contributed by atoms with Crippen molar-refractivity contribution in [3.8, 4) is 0 Å². The molecule has 0 heterocycles. The van der Waals surface area contributed by atoms with E-state index >= 15 is 0 Å². The van der Waals surface area contributed by atoms with E-state index in [0.717, 1.165) is 23.8 Å². The molecule has 2 amide bonds. The molecule has 10 heteroatoms. The maximum absolute atomic E-state index is 13.9. The molecule has 0 unspecified atom stereocenters. The van der Waals surface area contributed by atoms with E-state index in [1.54, 1.807) is 42.2 Å². The molecular formula is C32H39Cl2N3O4S. The number of carbonyl (C=O) groups excluding carboxylic acids is 2. The van der Waals surface area contributed by atoms with Crippen LogP contribution in [-0.2, 0) is 32.6 Å². The summed E-state index contributed by atoms with van der Waals surface area (Å²) in [5.74, 6) is -0.482. The minimum Gasteiger partial charge on any atom is -0.352 e. The number of nitrogens with zero attached hydrogens (tertiary/aromatic N) is 2. The molecule has 0 radical (unpaired) electrons. The summed E-state index contributed by atoms with van der Waals surface area (Å²) in [7, 11) is -3.64. The molecule has 0 fully saturated rings. The summed E-state index contributed by atoms with van der Waals surface area (Å²) in [5, 5.41) is 4.09. The fourth-order valence-corrected chi connectivity index (χ4v) is 5.94. The van der Waals surface area contributed by atoms with Gasteiger partial charge in [0.25, 0.3) is 0 Å². The third-order valence-electron chi connectivity index (χ3n) is 7.20. The molecule has 3 rings (SSSR count). The highest BCUT2D eigenvalue weighted by Crippen LogP contribution is 2.28. The van der Waals surface area contributed by atoms with Crippen molar-refractivity contribution in [3.05, 3.63) is 99.5 Å². The number of amides is 2. The number of halogens is 2. The highest BCUT2D eigenvalue weighted by atomic mass is 35.5. The second-order valence-corrected chi connectivity index (χ2v) is 13.2. The summed E-state index contributed by atoms with van der Waals surface area (Å²) in [4.78, 5) is 29.2. The first kappa shape index (κ1) is 33.4. The lowest BCUT2D eigenvalue weighted by molar-refractivity contribution is -0.141. The van der Waals surface area contributed by atoms with Crippen LogP contribution in [0, 0.1) is 6.92 Å². The van der Waals surface area contributed by atoms with Crippen LogP contribution < -0.4 is 9.62 Å². The molecule has 0 aliphatic carbocycles. The third-order valence-corrected chi connectivity index (χ3v) is 9.04. The van der Waals surface area contributed by atoms with Gasteiger partial charge in [0.15, 0.2) is 0 Å². The fourth-order valence-electron chi connectivity index (χ4n) is 4.63. The van der Waals surface area contributed by atoms with Gasteiger partial charge in [-0.05, 0) is 67.6 Å². The zero-order valence-corrected chi connectivity index (χ0v) is 26.8. The van der Waals surface area contributed by atoms with Crippen LogP contribution in [0.1, 0.15) is 49.8 Å². The number of nitrogens with one attached hydrogen (secondary N) is 1. The average molecular weight is 633 g/mol. The summed E-state index contributed by atoms with van der Waals surface area (Å²) in [6, 6.07) is 21.0. The smallest absolute Gasteiger partial charge is 0.243 e. The topological polar surface area (TPSA) is 86.8 Å². The number of sulfonamides is 1. The molecule has 7 nitrogen and oxygen atoms in total. The molecule has 0 saturated heterocycles. The zero-order valence-electron chi connectivity index (χ0n) is 24.5. The maximum Gasteiger partial charge on any atom is 0.243 e. The largest absolute Gasteiger partial charge is 0.352 e. The van der Waals surface area contributed by atoms with E-state index in [-0.39, 0.29) is 43.8 Å². The van der Waals surface area contributed by atoms with Gasteiger partial charge in [-0.1, -0.05) is 78.7 Å². The van der Waals surface area contributed by atoms with E-state index in [0.29, 0.717) is 27.7 Å². The first-order chi connectivity index (χ1) is 19.9. The normalized spacial score (nSPS) is 12.8. The number of carbonyl (C=O) groups is 2. The first-order valence-electron chi connectivity index (χ1n) is 14.0. The summed E-state index contributed by atoms with van der Waals surface area (Å²) < 4.78 is 26.7. The Morgan fingerprint density at radius 1 is 0.929 bits per heavy atom. The lowest BCUT2D eigenvalue weighted by Gasteiger charge is -2.33. The molecule has 3 aromatic rings. The number of hydrogen-bond donors (Lipinski definition) is 1. The van der Waals surface area contributed by atoms with Gasteiger partial charge in [0.1, 0.15) is 6.04 Å². The maximum atomic E-state index is 13.9. The van der Waals surface area contributed by atoms with Crippen molar-refractivity contribution in [3.63, 3.8) is 0 Å². The van der Waals surface area contributed by atoms with E-state index in [2.05, 4.69) is 5.32 Å². The molecule has 0 aliphatic rings. The van der Waals surface area contributed by atoms with Gasteiger partial charge in [0.2, 0.25) is 21.8 Å². The number of benzene rings is 3. The minimum absolute atomic E-state index is 0.0428. The molecule has 0 bridgehead atoms. The van der Waals surface area contributed by atoms with Crippen molar-refractivity contribution in [2.24, 2.45) is 0 Å². The van der Waals surface area contributed by atoms with Gasteiger partial charge >= 0.3 is 0 Å². The fraction of sp³-hybridized carbons (Fsp3) is 0.375. The Balaban J connectivity index is 1.90. The van der Waals surface area contributed by atoms with Crippen LogP contribution in [0.3, 0.4) is 0 Å². The standard InChI is InChI=1S/C32H39Cl2N3O4S/c1-5-23(2)35-32(39)30(21-25-11-7-6-8-12-25)36(22-26-16-18-27(33)19-17-26)31(38)15-10-20-37(42(4,40)41)29-14-9-13-28(34)24(29)3/h6-9,11-14,16-19,23,30H,5,10,15,20-22H2,1-4H3,(H,35,39)/t23-,30-/m0/s1. The Hall–Kier alpha value is -3.07. The number of anilines is 1. The van der Waals surface area contributed by atoms with Crippen LogP contribution in [0.4, 0.5) is 5.69 Å². The van der Waals surface area contributed by atoms with Crippen LogP contribution in [0.25, 0.3) is 0 Å². The minimum atomic E-state index is -3.64. The van der Waals surface area contributed by atoms with E-state index in [4.69, 9.17) is 23.2 Å². The molecule has 3 aromatic carbocycles. The molecule has 0 spiro atoms. The highest BCUT2D eigenvalue weighted by molar-refractivity contribution is 7.92. The van der Waals surface area contributed by atoms with Gasteiger partial charge in [-0.25, -0.2) is 8.42 Å². The average Bonchev–Trinajstić information content (AvgIpc) is 2.95. The summed E-state index contributed by atoms with van der Waals surface area (Å²) in [5.41, 5.74) is 2.88. The Morgan fingerprint density at radius 2 is 1.60 bits per heavy atom. The van der Waals surface area contributed by atoms with Gasteiger partial charge in [0, 0.05) is 42.0 Å². The lowest BCUT2D eigenvalue weighted by Crippen LogP contribution is -2.52. The molecule has 1 N–H and O–H groups in total. The predicted octanol–water partition coefficient (Wildman–Crippen LogP) is 6.40. The quantitative estimate of drug-likeness (QED) is 0.223. The van der Waals surface area contributed by atoms with Crippen molar-refractivity contribution < 1.29 is 18.0 Å². The molecule has 2 atom stereocenters. The molecule has 0 aromatic heterocycles. The number of rotatable bonds is 14. The van der Waals surface area contributed by atoms with Gasteiger partial charge in [-0.15, -0.1) is 0 Å². The Bertz CT molecular complexity index is 1450. The Labute approximate surface area is 259 Å². The first-order valence-corrected chi connectivity index (χ1v) is 16.6. The Kier molecular flexibility index (Phi) is 12.3. The van der Waals surface area contributed by atoms with E-state index in [1.165, 1.54) is 4.31 Å². The van der Waals surface area contributed by atoms with Crippen LogP contribution in [0.5, 0.6) is 0 Å². The monoisotopic (exact) mass is 631 g/mol. The van der Waals surface area contributed by atoms with Crippen molar-refractivity contribution in [2.45, 2.75) is 65.1 Å². The van der Waals surface area contributed by atoms with Crippen molar-refractivity contribution in [1.29, 1.82) is 0 Å². The van der Waals surface area contributed by atoms with Gasteiger partial charge in [-0.3, -0.25) is 13.9 Å². The van der Waals surface area contributed by atoms with Crippen LogP contribution >= 0.6 is 23.2 Å². The van der Waals surface area contributed by atoms with Gasteiger partial charge in [0.05, 0.1) is 11.9 Å². The van der Waals surface area contributed by atoms with E-state index < -0.39 is 16.1 Å². The van der Waals surface area contributed by atoms with Crippen molar-refractivity contribution >= 4 is 50.7 Å². The summed E-state index contributed by atoms with van der Waals surface area (Å²) in [6.45, 7) is 5.97. The molecule has 0 saturated carbocycles. The van der Waals surface area contributed by atoms with Gasteiger partial charge in [-0.2, -0.15) is 0 Å².